The van der Waals surface area contributed by atoms with Gasteiger partial charge in [-0.15, -0.1) is 0 Å². The van der Waals surface area contributed by atoms with Crippen LogP contribution in [0.4, 0.5) is 11.4 Å². The van der Waals surface area contributed by atoms with Gasteiger partial charge in [0.05, 0.1) is 37.4 Å². The van der Waals surface area contributed by atoms with Crippen LogP contribution in [-0.4, -0.2) is 64.1 Å². The minimum Gasteiger partial charge on any atom is -0.485 e. The number of benzene rings is 1. The molecule has 1 fully saturated rings. The van der Waals surface area contributed by atoms with Crippen molar-refractivity contribution in [3.63, 3.8) is 0 Å². The molecule has 0 aliphatic carbocycles. The molecule has 2 aliphatic rings. The first kappa shape index (κ1) is 19.8. The number of carbonyl (C=O) groups excluding carboxylic acids is 1. The van der Waals surface area contributed by atoms with Crippen LogP contribution in [-0.2, 0) is 11.2 Å². The molecule has 0 radical (unpaired) electrons. The van der Waals surface area contributed by atoms with E-state index in [-0.39, 0.29) is 12.5 Å². The van der Waals surface area contributed by atoms with Crippen LogP contribution in [0.2, 0.25) is 0 Å². The Kier molecular flexibility index (Phi) is 4.99. The van der Waals surface area contributed by atoms with Crippen molar-refractivity contribution in [1.29, 1.82) is 0 Å². The average Bonchev–Trinajstić information content (AvgIpc) is 3.24. The number of hydrogen-bond donors (Lipinski definition) is 2. The van der Waals surface area contributed by atoms with E-state index in [4.69, 9.17) is 9.47 Å². The number of carbonyl (C=O) groups is 1. The number of anilines is 2. The van der Waals surface area contributed by atoms with Gasteiger partial charge in [-0.2, -0.15) is 5.10 Å². The summed E-state index contributed by atoms with van der Waals surface area (Å²) < 4.78 is 13.2. The molecule has 2 N–H and O–H groups in total. The van der Waals surface area contributed by atoms with Gasteiger partial charge in [-0.25, -0.2) is 9.50 Å². The Balaban J connectivity index is 1.51. The van der Waals surface area contributed by atoms with E-state index >= 15 is 0 Å². The standard InChI is InChI=1S/C22H25N5O4/c1-22(14-28)4-3-15-11-17(18(12-19(15)31-22)26-7-9-30-10-8-26)25-21(29)16-13-24-27-6-2-5-23-20(16)27/h2,5-6,11-13,28H,3-4,7-10,14H2,1H3,(H,25,29)/t22-/m0/s1. The molecule has 2 aliphatic heterocycles. The van der Waals surface area contributed by atoms with Crippen LogP contribution < -0.4 is 15.0 Å². The van der Waals surface area contributed by atoms with Crippen LogP contribution in [0, 0.1) is 0 Å². The van der Waals surface area contributed by atoms with Crippen molar-refractivity contribution in [2.75, 3.05) is 43.1 Å². The van der Waals surface area contributed by atoms with Crippen LogP contribution in [0.15, 0.2) is 36.8 Å². The molecule has 1 aromatic carbocycles. The third-order valence-electron chi connectivity index (χ3n) is 5.92. The van der Waals surface area contributed by atoms with Crippen molar-refractivity contribution in [3.8, 4) is 5.75 Å². The lowest BCUT2D eigenvalue weighted by Gasteiger charge is -2.36. The second-order valence-corrected chi connectivity index (χ2v) is 8.19. The summed E-state index contributed by atoms with van der Waals surface area (Å²) in [4.78, 5) is 19.6. The molecule has 3 aromatic rings. The molecule has 0 saturated carbocycles. The highest BCUT2D eigenvalue weighted by molar-refractivity contribution is 6.09. The van der Waals surface area contributed by atoms with E-state index in [0.717, 1.165) is 42.2 Å². The number of hydrogen-bond acceptors (Lipinski definition) is 7. The third-order valence-corrected chi connectivity index (χ3v) is 5.92. The summed E-state index contributed by atoms with van der Waals surface area (Å²) in [6.45, 7) is 4.56. The maximum atomic E-state index is 13.1. The van der Waals surface area contributed by atoms with Crippen LogP contribution >= 0.6 is 0 Å². The summed E-state index contributed by atoms with van der Waals surface area (Å²) in [5.74, 6) is 0.486. The number of aryl methyl sites for hydroxylation is 1. The maximum absolute atomic E-state index is 13.1. The zero-order valence-corrected chi connectivity index (χ0v) is 17.4. The minimum absolute atomic E-state index is 0.0421. The number of aliphatic hydroxyl groups is 1. The number of morpholine rings is 1. The Bertz CT molecular complexity index is 1120. The first-order valence-corrected chi connectivity index (χ1v) is 10.5. The lowest BCUT2D eigenvalue weighted by Crippen LogP contribution is -2.40. The second-order valence-electron chi connectivity index (χ2n) is 8.19. The summed E-state index contributed by atoms with van der Waals surface area (Å²) in [6.07, 6.45) is 6.39. The number of aliphatic hydroxyl groups excluding tert-OH is 1. The predicted octanol–water partition coefficient (Wildman–Crippen LogP) is 1.89. The molecule has 9 nitrogen and oxygen atoms in total. The van der Waals surface area contributed by atoms with Gasteiger partial charge in [0.2, 0.25) is 0 Å². The zero-order chi connectivity index (χ0) is 21.4. The van der Waals surface area contributed by atoms with Crippen molar-refractivity contribution in [2.24, 2.45) is 0 Å². The van der Waals surface area contributed by atoms with Gasteiger partial charge in [-0.05, 0) is 37.5 Å². The molecule has 9 heteroatoms. The van der Waals surface area contributed by atoms with E-state index in [9.17, 15) is 9.90 Å². The average molecular weight is 423 g/mol. The highest BCUT2D eigenvalue weighted by Gasteiger charge is 2.32. The molecule has 4 heterocycles. The number of nitrogens with zero attached hydrogens (tertiary/aromatic N) is 4. The fourth-order valence-electron chi connectivity index (χ4n) is 4.07. The van der Waals surface area contributed by atoms with Gasteiger partial charge in [-0.1, -0.05) is 0 Å². The first-order chi connectivity index (χ1) is 15.1. The Morgan fingerprint density at radius 1 is 1.32 bits per heavy atom. The quantitative estimate of drug-likeness (QED) is 0.661. The molecule has 2 aromatic heterocycles. The summed E-state index contributed by atoms with van der Waals surface area (Å²) in [6, 6.07) is 5.72. The van der Waals surface area contributed by atoms with Gasteiger partial charge in [0.1, 0.15) is 16.9 Å². The Morgan fingerprint density at radius 3 is 2.97 bits per heavy atom. The van der Waals surface area contributed by atoms with Gasteiger partial charge in [0.25, 0.3) is 5.91 Å². The molecule has 162 valence electrons. The van der Waals surface area contributed by atoms with Crippen molar-refractivity contribution in [3.05, 3.63) is 47.9 Å². The third kappa shape index (κ3) is 3.70. The van der Waals surface area contributed by atoms with Gasteiger partial charge >= 0.3 is 0 Å². The molecule has 5 rings (SSSR count). The molecule has 0 unspecified atom stereocenters. The van der Waals surface area contributed by atoms with Gasteiger partial charge < -0.3 is 24.8 Å². The van der Waals surface area contributed by atoms with E-state index in [1.807, 2.05) is 19.1 Å². The Hall–Kier alpha value is -3.17. The van der Waals surface area contributed by atoms with Crippen LogP contribution in [0.5, 0.6) is 5.75 Å². The number of fused-ring (bicyclic) bond motifs is 2. The summed E-state index contributed by atoms with van der Waals surface area (Å²) in [7, 11) is 0. The van der Waals surface area contributed by atoms with Gasteiger partial charge in [0.15, 0.2) is 5.65 Å². The van der Waals surface area contributed by atoms with Crippen LogP contribution in [0.3, 0.4) is 0 Å². The fourth-order valence-corrected chi connectivity index (χ4v) is 4.07. The minimum atomic E-state index is -0.594. The maximum Gasteiger partial charge on any atom is 0.261 e. The number of amides is 1. The number of nitrogens with one attached hydrogen (secondary N) is 1. The van der Waals surface area contributed by atoms with Crippen molar-refractivity contribution >= 4 is 22.9 Å². The van der Waals surface area contributed by atoms with E-state index in [2.05, 4.69) is 20.3 Å². The van der Waals surface area contributed by atoms with Gasteiger partial charge in [0, 0.05) is 31.5 Å². The topological polar surface area (TPSA) is 101 Å². The summed E-state index contributed by atoms with van der Waals surface area (Å²) >= 11 is 0. The second kappa shape index (κ2) is 7.82. The normalized spacial score (nSPS) is 20.9. The van der Waals surface area contributed by atoms with E-state index < -0.39 is 5.60 Å². The van der Waals surface area contributed by atoms with Gasteiger partial charge in [-0.3, -0.25) is 4.79 Å². The van der Waals surface area contributed by atoms with E-state index in [1.165, 1.54) is 6.20 Å². The molecule has 31 heavy (non-hydrogen) atoms. The predicted molar refractivity (Wildman–Crippen MR) is 115 cm³/mol. The highest BCUT2D eigenvalue weighted by atomic mass is 16.5. The molecule has 1 atom stereocenters. The number of ether oxygens (including phenoxy) is 2. The fraction of sp³-hybridized carbons (Fsp3) is 0.409. The molecule has 0 bridgehead atoms. The highest BCUT2D eigenvalue weighted by Crippen LogP contribution is 2.40. The molecular weight excluding hydrogens is 398 g/mol. The van der Waals surface area contributed by atoms with Crippen molar-refractivity contribution in [1.82, 2.24) is 14.6 Å². The SMILES string of the molecule is C[C@@]1(CO)CCc2cc(NC(=O)c3cnn4cccnc34)c(N3CCOCC3)cc2O1. The zero-order valence-electron chi connectivity index (χ0n) is 17.4. The molecular formula is C22H25N5O4. The van der Waals surface area contributed by atoms with Crippen LogP contribution in [0.25, 0.3) is 5.65 Å². The number of rotatable bonds is 4. The molecule has 0 spiro atoms. The van der Waals surface area contributed by atoms with E-state index in [0.29, 0.717) is 30.8 Å². The molecule has 1 amide bonds. The summed E-state index contributed by atoms with van der Waals surface area (Å²) in [5.41, 5.74) is 2.93. The Labute approximate surface area is 179 Å². The molecule has 1 saturated heterocycles. The lowest BCUT2D eigenvalue weighted by atomic mass is 9.92. The first-order valence-electron chi connectivity index (χ1n) is 10.5. The van der Waals surface area contributed by atoms with Crippen molar-refractivity contribution in [2.45, 2.75) is 25.4 Å². The van der Waals surface area contributed by atoms with Crippen LogP contribution in [0.1, 0.15) is 29.3 Å². The lowest BCUT2D eigenvalue weighted by molar-refractivity contribution is 0.00812. The smallest absolute Gasteiger partial charge is 0.261 e. The number of aromatic nitrogens is 3. The summed E-state index contributed by atoms with van der Waals surface area (Å²) in [5, 5.41) is 17.0. The largest absolute Gasteiger partial charge is 0.485 e. The van der Waals surface area contributed by atoms with E-state index in [1.54, 1.807) is 23.0 Å². The van der Waals surface area contributed by atoms with Crippen molar-refractivity contribution < 1.29 is 19.4 Å². The monoisotopic (exact) mass is 423 g/mol. The Morgan fingerprint density at radius 2 is 2.16 bits per heavy atom.